The predicted octanol–water partition coefficient (Wildman–Crippen LogP) is -0.136. The Balaban J connectivity index is 2.50. The van der Waals surface area contributed by atoms with Crippen LogP contribution in [0.4, 0.5) is 0 Å². The van der Waals surface area contributed by atoms with E-state index in [1.165, 1.54) is 0 Å². The number of nitrogens with one attached hydrogen (secondary N) is 1. The van der Waals surface area contributed by atoms with Gasteiger partial charge in [-0.15, -0.1) is 0 Å². The van der Waals surface area contributed by atoms with E-state index in [2.05, 4.69) is 15.5 Å². The Hall–Kier alpha value is -0.940. The third-order valence-electron chi connectivity index (χ3n) is 1.55. The molecule has 0 aromatic carbocycles. The molecule has 1 rings (SSSR count). The SMILES string of the molecule is CCn1ncnc1CNN(C)C. The molecule has 1 heterocycles. The minimum atomic E-state index is 0.723. The average molecular weight is 169 g/mol. The Bertz CT molecular complexity index is 229. The van der Waals surface area contributed by atoms with Crippen molar-refractivity contribution in [3.8, 4) is 0 Å². The van der Waals surface area contributed by atoms with Crippen molar-refractivity contribution in [3.05, 3.63) is 12.2 Å². The molecule has 0 aliphatic rings. The predicted molar refractivity (Wildman–Crippen MR) is 46.2 cm³/mol. The minimum Gasteiger partial charge on any atom is -0.250 e. The second-order valence-corrected chi connectivity index (χ2v) is 2.72. The maximum Gasteiger partial charge on any atom is 0.142 e. The molecule has 1 aromatic rings. The molecule has 0 aliphatic heterocycles. The molecule has 0 saturated carbocycles. The number of hydrogen-bond acceptors (Lipinski definition) is 4. The lowest BCUT2D eigenvalue weighted by Crippen LogP contribution is -2.30. The van der Waals surface area contributed by atoms with Crippen molar-refractivity contribution < 1.29 is 0 Å². The molecule has 5 heteroatoms. The van der Waals surface area contributed by atoms with Crippen molar-refractivity contribution in [3.63, 3.8) is 0 Å². The highest BCUT2D eigenvalue weighted by molar-refractivity contribution is 4.82. The van der Waals surface area contributed by atoms with Gasteiger partial charge in [-0.3, -0.25) is 5.01 Å². The Morgan fingerprint density at radius 3 is 2.92 bits per heavy atom. The molecule has 0 atom stereocenters. The van der Waals surface area contributed by atoms with Gasteiger partial charge in [-0.1, -0.05) is 0 Å². The van der Waals surface area contributed by atoms with E-state index in [1.807, 2.05) is 30.7 Å². The molecule has 0 spiro atoms. The summed E-state index contributed by atoms with van der Waals surface area (Å²) in [6.07, 6.45) is 1.58. The zero-order valence-electron chi connectivity index (χ0n) is 7.78. The van der Waals surface area contributed by atoms with Crippen LogP contribution in [0, 0.1) is 0 Å². The fourth-order valence-corrected chi connectivity index (χ4v) is 0.918. The molecular weight excluding hydrogens is 154 g/mol. The van der Waals surface area contributed by atoms with Crippen LogP contribution in [-0.2, 0) is 13.1 Å². The molecular formula is C7H15N5. The number of rotatable bonds is 4. The van der Waals surface area contributed by atoms with Crippen molar-refractivity contribution in [2.24, 2.45) is 0 Å². The first-order chi connectivity index (χ1) is 5.74. The molecule has 0 radical (unpaired) electrons. The lowest BCUT2D eigenvalue weighted by Gasteiger charge is -2.11. The first kappa shape index (κ1) is 9.15. The molecule has 1 N–H and O–H groups in total. The third kappa shape index (κ3) is 2.28. The van der Waals surface area contributed by atoms with E-state index in [9.17, 15) is 0 Å². The van der Waals surface area contributed by atoms with E-state index in [0.717, 1.165) is 18.9 Å². The van der Waals surface area contributed by atoms with E-state index in [1.54, 1.807) is 6.33 Å². The highest BCUT2D eigenvalue weighted by Gasteiger charge is 2.00. The van der Waals surface area contributed by atoms with E-state index < -0.39 is 0 Å². The van der Waals surface area contributed by atoms with Gasteiger partial charge in [-0.25, -0.2) is 15.1 Å². The monoisotopic (exact) mass is 169 g/mol. The van der Waals surface area contributed by atoms with Crippen molar-refractivity contribution in [2.45, 2.75) is 20.0 Å². The van der Waals surface area contributed by atoms with Gasteiger partial charge in [-0.05, 0) is 6.92 Å². The summed E-state index contributed by atoms with van der Waals surface area (Å²) >= 11 is 0. The molecule has 5 nitrogen and oxygen atoms in total. The van der Waals surface area contributed by atoms with Gasteiger partial charge >= 0.3 is 0 Å². The van der Waals surface area contributed by atoms with Crippen molar-refractivity contribution >= 4 is 0 Å². The van der Waals surface area contributed by atoms with Gasteiger partial charge in [0.1, 0.15) is 12.2 Å². The summed E-state index contributed by atoms with van der Waals surface area (Å²) in [5, 5.41) is 5.96. The lowest BCUT2D eigenvalue weighted by molar-refractivity contribution is 0.279. The molecule has 1 aromatic heterocycles. The Kier molecular flexibility index (Phi) is 3.19. The fraction of sp³-hybridized carbons (Fsp3) is 0.714. The molecule has 0 bridgehead atoms. The van der Waals surface area contributed by atoms with Crippen molar-refractivity contribution in [1.82, 2.24) is 25.2 Å². The van der Waals surface area contributed by atoms with Crippen LogP contribution >= 0.6 is 0 Å². The summed E-state index contributed by atoms with van der Waals surface area (Å²) in [7, 11) is 3.90. The first-order valence-corrected chi connectivity index (χ1v) is 4.01. The molecule has 12 heavy (non-hydrogen) atoms. The van der Waals surface area contributed by atoms with Gasteiger partial charge in [0.05, 0.1) is 6.54 Å². The van der Waals surface area contributed by atoms with Crippen LogP contribution in [0.15, 0.2) is 6.33 Å². The van der Waals surface area contributed by atoms with Crippen LogP contribution < -0.4 is 5.43 Å². The second kappa shape index (κ2) is 4.18. The highest BCUT2D eigenvalue weighted by Crippen LogP contribution is 1.92. The summed E-state index contributed by atoms with van der Waals surface area (Å²) in [6, 6.07) is 0. The van der Waals surface area contributed by atoms with Crippen LogP contribution in [0.25, 0.3) is 0 Å². The molecule has 68 valence electrons. The van der Waals surface area contributed by atoms with Gasteiger partial charge in [0.25, 0.3) is 0 Å². The van der Waals surface area contributed by atoms with E-state index in [4.69, 9.17) is 0 Å². The third-order valence-corrected chi connectivity index (χ3v) is 1.55. The van der Waals surface area contributed by atoms with E-state index >= 15 is 0 Å². The highest BCUT2D eigenvalue weighted by atomic mass is 15.5. The largest absolute Gasteiger partial charge is 0.250 e. The normalized spacial score (nSPS) is 11.0. The standard InChI is InChI=1S/C7H15N5/c1-4-12-7(8-6-10-12)5-9-11(2)3/h6,9H,4-5H2,1-3H3. The Morgan fingerprint density at radius 1 is 1.58 bits per heavy atom. The fourth-order valence-electron chi connectivity index (χ4n) is 0.918. The van der Waals surface area contributed by atoms with E-state index in [0.29, 0.717) is 0 Å². The number of hydrogen-bond donors (Lipinski definition) is 1. The summed E-state index contributed by atoms with van der Waals surface area (Å²) in [4.78, 5) is 4.12. The van der Waals surface area contributed by atoms with Gasteiger partial charge in [0, 0.05) is 20.6 Å². The van der Waals surface area contributed by atoms with Gasteiger partial charge in [0.2, 0.25) is 0 Å². The van der Waals surface area contributed by atoms with Gasteiger partial charge in [-0.2, -0.15) is 5.10 Å². The average Bonchev–Trinajstić information content (AvgIpc) is 2.47. The zero-order chi connectivity index (χ0) is 8.97. The van der Waals surface area contributed by atoms with Gasteiger partial charge in [0.15, 0.2) is 0 Å². The second-order valence-electron chi connectivity index (χ2n) is 2.72. The van der Waals surface area contributed by atoms with Crippen LogP contribution in [0.5, 0.6) is 0 Å². The van der Waals surface area contributed by atoms with Crippen LogP contribution in [0.3, 0.4) is 0 Å². The van der Waals surface area contributed by atoms with Crippen LogP contribution in [0.1, 0.15) is 12.7 Å². The smallest absolute Gasteiger partial charge is 0.142 e. The van der Waals surface area contributed by atoms with Crippen molar-refractivity contribution in [2.75, 3.05) is 14.1 Å². The van der Waals surface area contributed by atoms with Crippen LogP contribution in [0.2, 0.25) is 0 Å². The minimum absolute atomic E-state index is 0.723. The number of nitrogens with zero attached hydrogens (tertiary/aromatic N) is 4. The number of hydrazine groups is 1. The molecule has 0 amide bonds. The van der Waals surface area contributed by atoms with Crippen LogP contribution in [-0.4, -0.2) is 33.9 Å². The zero-order valence-corrected chi connectivity index (χ0v) is 7.78. The Morgan fingerprint density at radius 2 is 2.33 bits per heavy atom. The number of aryl methyl sites for hydroxylation is 1. The summed E-state index contributed by atoms with van der Waals surface area (Å²) < 4.78 is 1.87. The summed E-state index contributed by atoms with van der Waals surface area (Å²) in [5.74, 6) is 0.964. The quantitative estimate of drug-likeness (QED) is 0.637. The van der Waals surface area contributed by atoms with E-state index in [-0.39, 0.29) is 0 Å². The molecule has 0 aliphatic carbocycles. The maximum absolute atomic E-state index is 4.12. The maximum atomic E-state index is 4.12. The summed E-state index contributed by atoms with van der Waals surface area (Å²) in [6.45, 7) is 3.64. The summed E-state index contributed by atoms with van der Waals surface area (Å²) in [5.41, 5.74) is 3.13. The molecule has 0 fully saturated rings. The number of aromatic nitrogens is 3. The molecule has 0 unspecified atom stereocenters. The van der Waals surface area contributed by atoms with Gasteiger partial charge < -0.3 is 0 Å². The first-order valence-electron chi connectivity index (χ1n) is 4.01. The van der Waals surface area contributed by atoms with Crippen molar-refractivity contribution in [1.29, 1.82) is 0 Å². The molecule has 0 saturated heterocycles. The topological polar surface area (TPSA) is 46.0 Å². The lowest BCUT2D eigenvalue weighted by atomic mass is 10.6. The Labute approximate surface area is 72.4 Å².